The van der Waals surface area contributed by atoms with Crippen LogP contribution in [0.1, 0.15) is 38.5 Å². The molecule has 1 fully saturated rings. The highest BCUT2D eigenvalue weighted by molar-refractivity contribution is 6.32. The SMILES string of the molecule is Clc1ccc(-c2c3ncnc(NC4CCCCCC4)c3nn2-c2ccccc2Cl)cc1. The molecule has 0 bridgehead atoms. The molecular weight excluding hydrogens is 429 g/mol. The monoisotopic (exact) mass is 451 g/mol. The van der Waals surface area contributed by atoms with E-state index in [4.69, 9.17) is 28.3 Å². The Hall–Kier alpha value is -2.63. The highest BCUT2D eigenvalue weighted by atomic mass is 35.5. The van der Waals surface area contributed by atoms with E-state index in [1.807, 2.05) is 53.2 Å². The van der Waals surface area contributed by atoms with Gasteiger partial charge < -0.3 is 5.32 Å². The molecule has 2 heterocycles. The number of halogens is 2. The zero-order valence-electron chi connectivity index (χ0n) is 17.1. The molecule has 2 aromatic carbocycles. The van der Waals surface area contributed by atoms with E-state index in [0.717, 1.165) is 46.6 Å². The predicted molar refractivity (Wildman–Crippen MR) is 127 cm³/mol. The quantitative estimate of drug-likeness (QED) is 0.342. The number of benzene rings is 2. The first-order valence-corrected chi connectivity index (χ1v) is 11.5. The molecule has 0 radical (unpaired) electrons. The van der Waals surface area contributed by atoms with Crippen LogP contribution >= 0.6 is 23.2 Å². The van der Waals surface area contributed by atoms with E-state index in [9.17, 15) is 0 Å². The molecule has 0 aliphatic heterocycles. The average Bonchev–Trinajstić information content (AvgIpc) is 2.98. The molecule has 0 amide bonds. The van der Waals surface area contributed by atoms with Crippen molar-refractivity contribution in [3.8, 4) is 16.9 Å². The first-order chi connectivity index (χ1) is 15.2. The summed E-state index contributed by atoms with van der Waals surface area (Å²) in [4.78, 5) is 9.18. The molecule has 1 N–H and O–H groups in total. The van der Waals surface area contributed by atoms with E-state index < -0.39 is 0 Å². The van der Waals surface area contributed by atoms with Crippen molar-refractivity contribution in [3.63, 3.8) is 0 Å². The maximum atomic E-state index is 6.55. The fraction of sp³-hybridized carbons (Fsp3) is 0.292. The third kappa shape index (κ3) is 4.12. The number of nitrogens with zero attached hydrogens (tertiary/aromatic N) is 4. The van der Waals surface area contributed by atoms with Crippen LogP contribution in [0.25, 0.3) is 28.0 Å². The van der Waals surface area contributed by atoms with Gasteiger partial charge in [-0.3, -0.25) is 0 Å². The lowest BCUT2D eigenvalue weighted by atomic mass is 10.1. The van der Waals surface area contributed by atoms with Gasteiger partial charge in [0.05, 0.1) is 10.7 Å². The van der Waals surface area contributed by atoms with Crippen molar-refractivity contribution < 1.29 is 0 Å². The molecule has 5 nitrogen and oxygen atoms in total. The van der Waals surface area contributed by atoms with Gasteiger partial charge in [-0.15, -0.1) is 0 Å². The second-order valence-electron chi connectivity index (χ2n) is 7.97. The number of hydrogen-bond donors (Lipinski definition) is 1. The maximum absolute atomic E-state index is 6.55. The summed E-state index contributed by atoms with van der Waals surface area (Å²) in [7, 11) is 0. The van der Waals surface area contributed by atoms with Gasteiger partial charge in [0.25, 0.3) is 0 Å². The zero-order chi connectivity index (χ0) is 21.2. The van der Waals surface area contributed by atoms with Crippen LogP contribution in [-0.2, 0) is 0 Å². The van der Waals surface area contributed by atoms with Gasteiger partial charge >= 0.3 is 0 Å². The summed E-state index contributed by atoms with van der Waals surface area (Å²) in [6.45, 7) is 0. The Morgan fingerprint density at radius 3 is 2.32 bits per heavy atom. The van der Waals surface area contributed by atoms with Crippen LogP contribution < -0.4 is 5.32 Å². The van der Waals surface area contributed by atoms with Crippen LogP contribution in [0.15, 0.2) is 54.9 Å². The smallest absolute Gasteiger partial charge is 0.158 e. The zero-order valence-corrected chi connectivity index (χ0v) is 18.6. The van der Waals surface area contributed by atoms with Crippen molar-refractivity contribution in [1.82, 2.24) is 19.7 Å². The van der Waals surface area contributed by atoms with Crippen LogP contribution in [0.2, 0.25) is 10.0 Å². The molecule has 0 spiro atoms. The number of para-hydroxylation sites is 1. The van der Waals surface area contributed by atoms with Crippen molar-refractivity contribution in [2.45, 2.75) is 44.6 Å². The lowest BCUT2D eigenvalue weighted by Crippen LogP contribution is -2.19. The highest BCUT2D eigenvalue weighted by Crippen LogP contribution is 2.35. The molecule has 0 unspecified atom stereocenters. The summed E-state index contributed by atoms with van der Waals surface area (Å²) in [5.74, 6) is 0.776. The van der Waals surface area contributed by atoms with E-state index in [1.54, 1.807) is 6.33 Å². The number of anilines is 1. The Labute approximate surface area is 191 Å². The Bertz CT molecular complexity index is 1190. The molecule has 4 aromatic rings. The number of aromatic nitrogens is 4. The van der Waals surface area contributed by atoms with E-state index in [0.29, 0.717) is 16.1 Å². The molecule has 31 heavy (non-hydrogen) atoms. The van der Waals surface area contributed by atoms with Gasteiger partial charge in [0.2, 0.25) is 0 Å². The Balaban J connectivity index is 1.68. The lowest BCUT2D eigenvalue weighted by molar-refractivity contribution is 0.618. The van der Waals surface area contributed by atoms with E-state index in [1.165, 1.54) is 25.7 Å². The van der Waals surface area contributed by atoms with Crippen molar-refractivity contribution >= 4 is 40.1 Å². The summed E-state index contributed by atoms with van der Waals surface area (Å²) in [6, 6.07) is 15.8. The van der Waals surface area contributed by atoms with Gasteiger partial charge in [-0.25, -0.2) is 14.6 Å². The maximum Gasteiger partial charge on any atom is 0.158 e. The number of nitrogens with one attached hydrogen (secondary N) is 1. The van der Waals surface area contributed by atoms with Crippen molar-refractivity contribution in [2.75, 3.05) is 5.32 Å². The fourth-order valence-corrected chi connectivity index (χ4v) is 4.63. The molecular formula is C24H23Cl2N5. The molecule has 5 rings (SSSR count). The lowest BCUT2D eigenvalue weighted by Gasteiger charge is -2.16. The van der Waals surface area contributed by atoms with Gasteiger partial charge in [0.1, 0.15) is 17.5 Å². The largest absolute Gasteiger partial charge is 0.365 e. The van der Waals surface area contributed by atoms with Crippen LogP contribution in [0.5, 0.6) is 0 Å². The Kier molecular flexibility index (Phi) is 5.79. The molecule has 7 heteroatoms. The number of fused-ring (bicyclic) bond motifs is 1. The topological polar surface area (TPSA) is 55.6 Å². The molecule has 0 saturated heterocycles. The summed E-state index contributed by atoms with van der Waals surface area (Å²) in [5.41, 5.74) is 4.16. The van der Waals surface area contributed by atoms with Crippen LogP contribution in [0.3, 0.4) is 0 Å². The second kappa shape index (κ2) is 8.85. The van der Waals surface area contributed by atoms with Gasteiger partial charge in [0.15, 0.2) is 11.3 Å². The van der Waals surface area contributed by atoms with Crippen LogP contribution in [0, 0.1) is 0 Å². The summed E-state index contributed by atoms with van der Waals surface area (Å²) < 4.78 is 1.86. The average molecular weight is 452 g/mol. The standard InChI is InChI=1S/C24H23Cl2N5/c25-17-13-11-16(12-14-17)23-21-22(30-31(23)20-10-6-5-9-19(20)26)24(28-15-27-21)29-18-7-3-1-2-4-8-18/h5-6,9-15,18H,1-4,7-8H2,(H,27,28,29). The third-order valence-corrected chi connectivity index (χ3v) is 6.42. The fourth-order valence-electron chi connectivity index (χ4n) is 4.28. The van der Waals surface area contributed by atoms with E-state index in [2.05, 4.69) is 15.3 Å². The minimum absolute atomic E-state index is 0.407. The molecule has 158 valence electrons. The Morgan fingerprint density at radius 1 is 0.839 bits per heavy atom. The minimum Gasteiger partial charge on any atom is -0.365 e. The molecule has 1 saturated carbocycles. The van der Waals surface area contributed by atoms with Gasteiger partial charge in [-0.1, -0.05) is 73.2 Å². The van der Waals surface area contributed by atoms with Crippen LogP contribution in [-0.4, -0.2) is 25.8 Å². The van der Waals surface area contributed by atoms with E-state index in [-0.39, 0.29) is 0 Å². The summed E-state index contributed by atoms with van der Waals surface area (Å²) in [6.07, 6.45) is 9.02. The normalized spacial score (nSPS) is 15.2. The van der Waals surface area contributed by atoms with E-state index >= 15 is 0 Å². The molecule has 1 aliphatic rings. The van der Waals surface area contributed by atoms with Crippen LogP contribution in [0.4, 0.5) is 5.82 Å². The summed E-state index contributed by atoms with van der Waals surface area (Å²) in [5, 5.41) is 9.90. The van der Waals surface area contributed by atoms with Gasteiger partial charge in [-0.05, 0) is 37.1 Å². The summed E-state index contributed by atoms with van der Waals surface area (Å²) >= 11 is 12.7. The minimum atomic E-state index is 0.407. The van der Waals surface area contributed by atoms with Crippen molar-refractivity contribution in [2.24, 2.45) is 0 Å². The highest BCUT2D eigenvalue weighted by Gasteiger charge is 2.22. The molecule has 2 aromatic heterocycles. The molecule has 1 aliphatic carbocycles. The molecule has 0 atom stereocenters. The first-order valence-electron chi connectivity index (χ1n) is 10.7. The number of rotatable bonds is 4. The Morgan fingerprint density at radius 2 is 1.58 bits per heavy atom. The van der Waals surface area contributed by atoms with Gasteiger partial charge in [0, 0.05) is 16.6 Å². The first kappa shape index (κ1) is 20.3. The van der Waals surface area contributed by atoms with Crippen molar-refractivity contribution in [3.05, 3.63) is 64.9 Å². The second-order valence-corrected chi connectivity index (χ2v) is 8.81. The predicted octanol–water partition coefficient (Wildman–Crippen LogP) is 6.92. The third-order valence-electron chi connectivity index (χ3n) is 5.85. The number of hydrogen-bond acceptors (Lipinski definition) is 4. The van der Waals surface area contributed by atoms with Gasteiger partial charge in [-0.2, -0.15) is 5.10 Å². The van der Waals surface area contributed by atoms with Crippen molar-refractivity contribution in [1.29, 1.82) is 0 Å².